The lowest BCUT2D eigenvalue weighted by Crippen LogP contribution is -2.81. The van der Waals surface area contributed by atoms with E-state index < -0.39 is 68.1 Å². The maximum atomic E-state index is 11.6. The Kier molecular flexibility index (Phi) is 8.30. The monoisotopic (exact) mass is 550 g/mol. The molecule has 16 heteroatoms. The van der Waals surface area contributed by atoms with Gasteiger partial charge in [0.1, 0.15) is 29.7 Å². The number of nitrogens with one attached hydrogen (secondary N) is 3. The molecule has 0 aromatic carbocycles. The fraction of sp³-hybridized carbons (Fsp3) is 0.762. The molecular weight excluding hydrogens is 515 g/mol. The third kappa shape index (κ3) is 5.56. The van der Waals surface area contributed by atoms with Gasteiger partial charge in [-0.1, -0.05) is 0 Å². The van der Waals surface area contributed by atoms with E-state index in [0.717, 1.165) is 6.20 Å². The number of ether oxygens (including phenoxy) is 3. The molecule has 1 aromatic rings. The number of pyridine rings is 1. The van der Waals surface area contributed by atoms with Gasteiger partial charge in [-0.2, -0.15) is 0 Å². The van der Waals surface area contributed by atoms with E-state index in [1.807, 2.05) is 0 Å². The van der Waals surface area contributed by atoms with Crippen LogP contribution in [-0.2, 0) is 25.3 Å². The van der Waals surface area contributed by atoms with Gasteiger partial charge in [0.25, 0.3) is 0 Å². The second kappa shape index (κ2) is 10.7. The Labute approximate surface area is 213 Å². The number of aromatic nitrogens is 1. The fourth-order valence-corrected chi connectivity index (χ4v) is 5.72. The quantitative estimate of drug-likeness (QED) is 0.146. The summed E-state index contributed by atoms with van der Waals surface area (Å²) in [6.45, 7) is 1.66. The second-order valence-electron chi connectivity index (χ2n) is 9.67. The molecule has 9 N–H and O–H groups in total. The van der Waals surface area contributed by atoms with Crippen molar-refractivity contribution in [3.05, 3.63) is 24.0 Å². The van der Waals surface area contributed by atoms with Crippen molar-refractivity contribution in [3.8, 4) is 5.75 Å². The van der Waals surface area contributed by atoms with Crippen molar-refractivity contribution < 1.29 is 53.5 Å². The summed E-state index contributed by atoms with van der Waals surface area (Å²) < 4.78 is 33.2. The summed E-state index contributed by atoms with van der Waals surface area (Å²) in [7, 11) is -1.50. The SMILES string of the molecule is CN[C@@H]1[C@H](O)[C@H](NC)[C@H]2O[C@]3(O)[C@H](O[C@@H]2[C@H]1O)O[C@H](C)C[C@@]3(O)CNCc1ccc(OP(=O)(O)O)cn1. The number of aliphatic hydroxyl groups is 4. The zero-order valence-corrected chi connectivity index (χ0v) is 21.5. The van der Waals surface area contributed by atoms with Crippen molar-refractivity contribution in [1.29, 1.82) is 0 Å². The van der Waals surface area contributed by atoms with Crippen LogP contribution in [0, 0.1) is 0 Å². The van der Waals surface area contributed by atoms with Crippen LogP contribution in [0.3, 0.4) is 0 Å². The molecule has 4 rings (SSSR count). The predicted molar refractivity (Wildman–Crippen MR) is 125 cm³/mol. The van der Waals surface area contributed by atoms with Gasteiger partial charge in [0.05, 0.1) is 36.2 Å². The standard InChI is InChI=1S/C21H35N4O11P/c1-10-6-20(28,9-24-7-11-4-5-12(8-25-11)36-37(30,31)32)21(29)19(33-10)34-18-16(27)13(22-2)15(26)14(23-3)17(18)35-21/h4-5,8,10,13-19,22-24,26-29H,6-7,9H2,1-3H3,(H2,30,31,32)/t10-,13-,14+,15+,16+,17-,18-,19+,20-,21-/m1/s1. The lowest BCUT2D eigenvalue weighted by Gasteiger charge is -2.60. The third-order valence-electron chi connectivity index (χ3n) is 7.09. The minimum Gasteiger partial charge on any atom is -0.403 e. The Morgan fingerprint density at radius 1 is 1.11 bits per heavy atom. The van der Waals surface area contributed by atoms with Crippen molar-refractivity contribution in [2.45, 2.75) is 80.2 Å². The molecule has 3 aliphatic rings. The number of aliphatic hydroxyl groups excluding tert-OH is 2. The second-order valence-corrected chi connectivity index (χ2v) is 10.8. The van der Waals surface area contributed by atoms with Gasteiger partial charge in [0, 0.05) is 19.5 Å². The average molecular weight is 551 g/mol. The first kappa shape index (κ1) is 28.7. The summed E-state index contributed by atoms with van der Waals surface area (Å²) in [5.41, 5.74) is -1.43. The number of nitrogens with zero attached hydrogens (tertiary/aromatic N) is 1. The molecule has 37 heavy (non-hydrogen) atoms. The molecule has 1 aliphatic carbocycles. The van der Waals surface area contributed by atoms with Crippen molar-refractivity contribution in [2.24, 2.45) is 0 Å². The van der Waals surface area contributed by atoms with E-state index in [0.29, 0.717) is 5.69 Å². The summed E-state index contributed by atoms with van der Waals surface area (Å²) in [6, 6.07) is 1.34. The molecule has 2 aliphatic heterocycles. The Balaban J connectivity index is 1.49. The lowest BCUT2D eigenvalue weighted by atomic mass is 9.77. The summed E-state index contributed by atoms with van der Waals surface area (Å²) >= 11 is 0. The molecule has 1 saturated carbocycles. The van der Waals surface area contributed by atoms with E-state index in [9.17, 15) is 25.0 Å². The smallest absolute Gasteiger partial charge is 0.403 e. The van der Waals surface area contributed by atoms with Gasteiger partial charge in [0.15, 0.2) is 0 Å². The first-order chi connectivity index (χ1) is 17.3. The minimum atomic E-state index is -4.70. The van der Waals surface area contributed by atoms with Gasteiger partial charge >= 0.3 is 7.82 Å². The van der Waals surface area contributed by atoms with Gasteiger partial charge in [0.2, 0.25) is 12.1 Å². The Morgan fingerprint density at radius 2 is 1.81 bits per heavy atom. The van der Waals surface area contributed by atoms with Crippen LogP contribution in [0.25, 0.3) is 0 Å². The van der Waals surface area contributed by atoms with E-state index in [4.69, 9.17) is 24.0 Å². The molecule has 0 unspecified atom stereocenters. The molecule has 15 nitrogen and oxygen atoms in total. The summed E-state index contributed by atoms with van der Waals surface area (Å²) in [5, 5.41) is 53.7. The van der Waals surface area contributed by atoms with Crippen LogP contribution in [0.5, 0.6) is 5.75 Å². The number of fused-ring (bicyclic) bond motifs is 2. The van der Waals surface area contributed by atoms with Crippen molar-refractivity contribution >= 4 is 7.82 Å². The van der Waals surface area contributed by atoms with Crippen LogP contribution >= 0.6 is 7.82 Å². The molecule has 1 aromatic heterocycles. The first-order valence-corrected chi connectivity index (χ1v) is 13.4. The molecule has 210 valence electrons. The number of hydrogen-bond donors (Lipinski definition) is 9. The van der Waals surface area contributed by atoms with Crippen LogP contribution < -0.4 is 20.5 Å². The van der Waals surface area contributed by atoms with Crippen LogP contribution in [0.1, 0.15) is 19.0 Å². The average Bonchev–Trinajstić information content (AvgIpc) is 2.80. The largest absolute Gasteiger partial charge is 0.524 e. The highest BCUT2D eigenvalue weighted by Crippen LogP contribution is 2.46. The molecule has 0 spiro atoms. The highest BCUT2D eigenvalue weighted by molar-refractivity contribution is 7.46. The number of phosphoric acid groups is 1. The summed E-state index contributed by atoms with van der Waals surface area (Å²) in [6.07, 6.45) is -5.10. The van der Waals surface area contributed by atoms with Crippen LogP contribution in [0.2, 0.25) is 0 Å². The Morgan fingerprint density at radius 3 is 2.41 bits per heavy atom. The maximum absolute atomic E-state index is 11.6. The van der Waals surface area contributed by atoms with E-state index in [1.54, 1.807) is 21.0 Å². The third-order valence-corrected chi connectivity index (χ3v) is 7.54. The van der Waals surface area contributed by atoms with E-state index in [-0.39, 0.29) is 25.3 Å². The van der Waals surface area contributed by atoms with E-state index >= 15 is 0 Å². The minimum absolute atomic E-state index is 0.0231. The predicted octanol–water partition coefficient (Wildman–Crippen LogP) is -3.11. The van der Waals surface area contributed by atoms with Gasteiger partial charge in [-0.05, 0) is 33.2 Å². The first-order valence-electron chi connectivity index (χ1n) is 11.9. The summed E-state index contributed by atoms with van der Waals surface area (Å²) in [4.78, 5) is 21.8. The normalized spacial score (nSPS) is 42.1. The van der Waals surface area contributed by atoms with Gasteiger partial charge in [-0.25, -0.2) is 4.57 Å². The van der Waals surface area contributed by atoms with Crippen molar-refractivity contribution in [1.82, 2.24) is 20.9 Å². The Hall–Kier alpha value is -1.30. The van der Waals surface area contributed by atoms with E-state index in [1.165, 1.54) is 12.1 Å². The molecule has 3 fully saturated rings. The molecule has 2 saturated heterocycles. The van der Waals surface area contributed by atoms with Crippen molar-refractivity contribution in [3.63, 3.8) is 0 Å². The Bertz CT molecular complexity index is 986. The van der Waals surface area contributed by atoms with Crippen LogP contribution in [0.15, 0.2) is 18.3 Å². The molecular formula is C21H35N4O11P. The van der Waals surface area contributed by atoms with Gasteiger partial charge in [-0.3, -0.25) is 14.8 Å². The van der Waals surface area contributed by atoms with Gasteiger partial charge in [-0.15, -0.1) is 0 Å². The van der Waals surface area contributed by atoms with Crippen LogP contribution in [0.4, 0.5) is 0 Å². The lowest BCUT2D eigenvalue weighted by molar-refractivity contribution is -0.482. The molecule has 10 atom stereocenters. The topological polar surface area (TPSA) is 224 Å². The number of rotatable bonds is 8. The maximum Gasteiger partial charge on any atom is 0.524 e. The molecule has 0 radical (unpaired) electrons. The highest BCUT2D eigenvalue weighted by atomic mass is 31.2. The van der Waals surface area contributed by atoms with Crippen LogP contribution in [-0.4, -0.2) is 116 Å². The number of likely N-dealkylation sites (N-methyl/N-ethyl adjacent to an activating group) is 2. The molecule has 3 heterocycles. The number of phosphoric ester groups is 1. The summed E-state index contributed by atoms with van der Waals surface area (Å²) in [5.74, 6) is -2.45. The van der Waals surface area contributed by atoms with Crippen molar-refractivity contribution in [2.75, 3.05) is 20.6 Å². The highest BCUT2D eigenvalue weighted by Gasteiger charge is 2.68. The molecule has 0 bridgehead atoms. The molecule has 0 amide bonds. The van der Waals surface area contributed by atoms with Gasteiger partial charge < -0.3 is 55.1 Å². The fourth-order valence-electron chi connectivity index (χ4n) is 5.33. The zero-order chi connectivity index (χ0) is 27.2. The van der Waals surface area contributed by atoms with E-state index in [2.05, 4.69) is 25.5 Å². The number of hydrogen-bond acceptors (Lipinski definition) is 13. The zero-order valence-electron chi connectivity index (χ0n) is 20.6.